The summed E-state index contributed by atoms with van der Waals surface area (Å²) in [6.07, 6.45) is 3.52. The summed E-state index contributed by atoms with van der Waals surface area (Å²) in [5.41, 5.74) is 2.62. The van der Waals surface area contributed by atoms with Gasteiger partial charge in [0.1, 0.15) is 0 Å². The maximum absolute atomic E-state index is 4.82. The topological polar surface area (TPSA) is 52.6 Å². The molecule has 2 aromatic heterocycles. The fourth-order valence-corrected chi connectivity index (χ4v) is 5.15. The van der Waals surface area contributed by atoms with Crippen molar-refractivity contribution in [3.8, 4) is 0 Å². The summed E-state index contributed by atoms with van der Waals surface area (Å²) in [5.74, 6) is 2.12. The Balaban J connectivity index is 0.00000320. The molecule has 0 bridgehead atoms. The molecule has 3 rings (SSSR count). The molecular weight excluding hydrogens is 525 g/mol. The quantitative estimate of drug-likeness (QED) is 0.258. The Kier molecular flexibility index (Phi) is 11.6. The molecule has 1 aliphatic heterocycles. The SMILES string of the molecule is CCNC(=NCC(C)c1ccsc1)NCC1CCN(Cc2csc(CC)n2)CC1.I. The molecule has 1 unspecified atom stereocenters. The van der Waals surface area contributed by atoms with Gasteiger partial charge in [-0.2, -0.15) is 11.3 Å². The normalized spacial score (nSPS) is 16.8. The number of nitrogens with zero attached hydrogens (tertiary/aromatic N) is 3. The van der Waals surface area contributed by atoms with E-state index in [0.717, 1.165) is 51.6 Å². The van der Waals surface area contributed by atoms with Crippen LogP contribution in [0.2, 0.25) is 0 Å². The van der Waals surface area contributed by atoms with Crippen LogP contribution in [0.3, 0.4) is 0 Å². The summed E-state index contributed by atoms with van der Waals surface area (Å²) < 4.78 is 0. The number of hydrogen-bond acceptors (Lipinski definition) is 5. The minimum absolute atomic E-state index is 0. The molecule has 0 amide bonds. The van der Waals surface area contributed by atoms with Crippen LogP contribution in [0.15, 0.2) is 27.2 Å². The van der Waals surface area contributed by atoms with E-state index in [-0.39, 0.29) is 24.0 Å². The summed E-state index contributed by atoms with van der Waals surface area (Å²) in [6, 6.07) is 2.20. The third kappa shape index (κ3) is 8.09. The van der Waals surface area contributed by atoms with E-state index in [1.807, 2.05) is 0 Å². The second-order valence-corrected chi connectivity index (χ2v) is 9.59. The van der Waals surface area contributed by atoms with Gasteiger partial charge in [-0.25, -0.2) is 4.98 Å². The van der Waals surface area contributed by atoms with Gasteiger partial charge in [0.05, 0.1) is 10.7 Å². The molecule has 30 heavy (non-hydrogen) atoms. The van der Waals surface area contributed by atoms with E-state index in [2.05, 4.69) is 58.5 Å². The fourth-order valence-electron chi connectivity index (χ4n) is 3.63. The smallest absolute Gasteiger partial charge is 0.191 e. The number of thiazole rings is 1. The molecule has 0 saturated carbocycles. The number of guanidine groups is 1. The Hall–Kier alpha value is -0.710. The van der Waals surface area contributed by atoms with E-state index >= 15 is 0 Å². The van der Waals surface area contributed by atoms with E-state index in [1.54, 1.807) is 22.7 Å². The first kappa shape index (κ1) is 25.5. The standard InChI is InChI=1S/C22H35N5S2.HI/c1-4-21-26-20(16-29-21)14-27-9-6-18(7-10-27)13-25-22(23-5-2)24-12-17(3)19-8-11-28-15-19;/h8,11,15-18H,4-7,9-10,12-14H2,1-3H3,(H2,23,24,25);1H. The van der Waals surface area contributed by atoms with Crippen molar-refractivity contribution in [2.24, 2.45) is 10.9 Å². The Bertz CT molecular complexity index is 739. The van der Waals surface area contributed by atoms with E-state index in [4.69, 9.17) is 9.98 Å². The molecule has 3 heterocycles. The van der Waals surface area contributed by atoms with Gasteiger partial charge in [0, 0.05) is 37.5 Å². The van der Waals surface area contributed by atoms with Crippen LogP contribution in [-0.2, 0) is 13.0 Å². The first-order chi connectivity index (χ1) is 14.2. The van der Waals surface area contributed by atoms with Crippen molar-refractivity contribution >= 4 is 52.6 Å². The lowest BCUT2D eigenvalue weighted by atomic mass is 9.97. The van der Waals surface area contributed by atoms with Crippen molar-refractivity contribution in [2.45, 2.75) is 52.5 Å². The molecular formula is C22H36IN5S2. The molecule has 0 aromatic carbocycles. The minimum Gasteiger partial charge on any atom is -0.357 e. The summed E-state index contributed by atoms with van der Waals surface area (Å²) in [5, 5.41) is 14.8. The van der Waals surface area contributed by atoms with Gasteiger partial charge in [-0.15, -0.1) is 35.3 Å². The second kappa shape index (κ2) is 13.6. The zero-order valence-electron chi connectivity index (χ0n) is 18.4. The average molecular weight is 562 g/mol. The molecule has 0 radical (unpaired) electrons. The molecule has 1 saturated heterocycles. The van der Waals surface area contributed by atoms with Gasteiger partial charge < -0.3 is 10.6 Å². The molecule has 2 aromatic rings. The van der Waals surface area contributed by atoms with Crippen LogP contribution in [0.5, 0.6) is 0 Å². The van der Waals surface area contributed by atoms with E-state index in [0.29, 0.717) is 11.8 Å². The highest BCUT2D eigenvalue weighted by Crippen LogP contribution is 2.20. The Labute approximate surface area is 206 Å². The first-order valence-electron chi connectivity index (χ1n) is 10.9. The lowest BCUT2D eigenvalue weighted by molar-refractivity contribution is 0.176. The average Bonchev–Trinajstić information content (AvgIpc) is 3.43. The maximum atomic E-state index is 4.82. The Morgan fingerprint density at radius 1 is 1.27 bits per heavy atom. The summed E-state index contributed by atoms with van der Waals surface area (Å²) in [4.78, 5) is 12.1. The van der Waals surface area contributed by atoms with Crippen molar-refractivity contribution in [1.82, 2.24) is 20.5 Å². The number of aryl methyl sites for hydroxylation is 1. The zero-order valence-corrected chi connectivity index (χ0v) is 22.4. The van der Waals surface area contributed by atoms with E-state index < -0.39 is 0 Å². The number of nitrogens with one attached hydrogen (secondary N) is 2. The van der Waals surface area contributed by atoms with Gasteiger partial charge in [0.2, 0.25) is 0 Å². The molecule has 0 spiro atoms. The number of aliphatic imine (C=N–C) groups is 1. The van der Waals surface area contributed by atoms with Crippen LogP contribution in [0.1, 0.15) is 55.8 Å². The molecule has 1 aliphatic rings. The van der Waals surface area contributed by atoms with Crippen molar-refractivity contribution < 1.29 is 0 Å². The lowest BCUT2D eigenvalue weighted by Gasteiger charge is -2.31. The Morgan fingerprint density at radius 3 is 2.70 bits per heavy atom. The predicted molar refractivity (Wildman–Crippen MR) is 142 cm³/mol. The predicted octanol–water partition coefficient (Wildman–Crippen LogP) is 4.96. The van der Waals surface area contributed by atoms with E-state index in [1.165, 1.54) is 29.1 Å². The molecule has 1 atom stereocenters. The van der Waals surface area contributed by atoms with Gasteiger partial charge in [0.15, 0.2) is 5.96 Å². The monoisotopic (exact) mass is 561 g/mol. The number of thiophene rings is 1. The molecule has 168 valence electrons. The van der Waals surface area contributed by atoms with Crippen molar-refractivity contribution in [3.05, 3.63) is 38.5 Å². The second-order valence-electron chi connectivity index (χ2n) is 7.86. The van der Waals surface area contributed by atoms with Gasteiger partial charge in [0.25, 0.3) is 0 Å². The number of rotatable bonds is 9. The van der Waals surface area contributed by atoms with Crippen molar-refractivity contribution in [3.63, 3.8) is 0 Å². The fraction of sp³-hybridized carbons (Fsp3) is 0.636. The van der Waals surface area contributed by atoms with Crippen LogP contribution in [0.25, 0.3) is 0 Å². The number of piperidine rings is 1. The third-order valence-corrected chi connectivity index (χ3v) is 7.28. The van der Waals surface area contributed by atoms with Crippen molar-refractivity contribution in [1.29, 1.82) is 0 Å². The highest BCUT2D eigenvalue weighted by atomic mass is 127. The zero-order chi connectivity index (χ0) is 20.5. The first-order valence-corrected chi connectivity index (χ1v) is 12.7. The van der Waals surface area contributed by atoms with Crippen LogP contribution in [-0.4, -0.2) is 48.6 Å². The Morgan fingerprint density at radius 2 is 2.07 bits per heavy atom. The van der Waals surface area contributed by atoms with Gasteiger partial charge in [-0.1, -0.05) is 13.8 Å². The molecule has 2 N–H and O–H groups in total. The molecule has 0 aliphatic carbocycles. The number of hydrogen-bond donors (Lipinski definition) is 2. The lowest BCUT2D eigenvalue weighted by Crippen LogP contribution is -2.43. The minimum atomic E-state index is 0. The van der Waals surface area contributed by atoms with Gasteiger partial charge >= 0.3 is 0 Å². The molecule has 1 fully saturated rings. The van der Waals surface area contributed by atoms with Crippen LogP contribution >= 0.6 is 46.7 Å². The van der Waals surface area contributed by atoms with Gasteiger partial charge in [-0.3, -0.25) is 9.89 Å². The number of halogens is 1. The van der Waals surface area contributed by atoms with E-state index in [9.17, 15) is 0 Å². The summed E-state index contributed by atoms with van der Waals surface area (Å²) in [6.45, 7) is 12.6. The van der Waals surface area contributed by atoms with Crippen molar-refractivity contribution in [2.75, 3.05) is 32.7 Å². The third-order valence-electron chi connectivity index (χ3n) is 5.53. The largest absolute Gasteiger partial charge is 0.357 e. The molecule has 8 heteroatoms. The number of likely N-dealkylation sites (tertiary alicyclic amines) is 1. The van der Waals surface area contributed by atoms with Gasteiger partial charge in [-0.05, 0) is 67.6 Å². The maximum Gasteiger partial charge on any atom is 0.191 e. The molecule has 5 nitrogen and oxygen atoms in total. The number of aromatic nitrogens is 1. The van der Waals surface area contributed by atoms with Crippen LogP contribution in [0, 0.1) is 5.92 Å². The summed E-state index contributed by atoms with van der Waals surface area (Å²) >= 11 is 3.55. The highest BCUT2D eigenvalue weighted by molar-refractivity contribution is 14.0. The summed E-state index contributed by atoms with van der Waals surface area (Å²) in [7, 11) is 0. The van der Waals surface area contributed by atoms with Crippen LogP contribution < -0.4 is 10.6 Å². The van der Waals surface area contributed by atoms with Crippen LogP contribution in [0.4, 0.5) is 0 Å². The highest BCUT2D eigenvalue weighted by Gasteiger charge is 2.20.